The van der Waals surface area contributed by atoms with Gasteiger partial charge in [-0.1, -0.05) is 18.1 Å². The van der Waals surface area contributed by atoms with Crippen LogP contribution in [0.1, 0.15) is 36.8 Å². The van der Waals surface area contributed by atoms with Crippen LogP contribution in [0.25, 0.3) is 0 Å². The van der Waals surface area contributed by atoms with E-state index in [2.05, 4.69) is 21.5 Å². The Kier molecular flexibility index (Phi) is 9.80. The maximum Gasteiger partial charge on any atom is 0.287 e. The van der Waals surface area contributed by atoms with Crippen LogP contribution in [0.4, 0.5) is 11.5 Å². The molecule has 1 aromatic heterocycles. The molecule has 190 valence electrons. The number of ether oxygens (including phenoxy) is 2. The van der Waals surface area contributed by atoms with Gasteiger partial charge in [-0.3, -0.25) is 14.9 Å². The van der Waals surface area contributed by atoms with Crippen LogP contribution in [0.5, 0.6) is 0 Å². The molecule has 1 aromatic carbocycles. The topological polar surface area (TPSA) is 136 Å². The van der Waals surface area contributed by atoms with Crippen molar-refractivity contribution in [2.24, 2.45) is 5.92 Å². The highest BCUT2D eigenvalue weighted by Crippen LogP contribution is 2.39. The number of pyridine rings is 1. The quantitative estimate of drug-likeness (QED) is 0.177. The van der Waals surface area contributed by atoms with Crippen LogP contribution in [-0.4, -0.2) is 53.5 Å². The van der Waals surface area contributed by atoms with E-state index >= 15 is 0 Å². The van der Waals surface area contributed by atoms with Crippen LogP contribution in [-0.2, 0) is 14.3 Å². The summed E-state index contributed by atoms with van der Waals surface area (Å²) in [5.74, 6) is 2.57. The Hall–Kier alpha value is -3.94. The number of nitrogens with one attached hydrogen (secondary N) is 2. The summed E-state index contributed by atoms with van der Waals surface area (Å²) in [6, 6.07) is 10.4. The van der Waals surface area contributed by atoms with Gasteiger partial charge in [0.05, 0.1) is 4.92 Å². The summed E-state index contributed by atoms with van der Waals surface area (Å²) in [6.45, 7) is 2.94. The number of amides is 1. The van der Waals surface area contributed by atoms with Crippen molar-refractivity contribution in [3.8, 4) is 12.3 Å². The molecule has 0 saturated heterocycles. The first kappa shape index (κ1) is 26.7. The minimum Gasteiger partial charge on any atom is -0.459 e. The zero-order valence-corrected chi connectivity index (χ0v) is 20.1. The number of carbonyl (C=O) groups is 1. The van der Waals surface area contributed by atoms with E-state index in [-0.39, 0.29) is 42.3 Å². The van der Waals surface area contributed by atoms with Crippen molar-refractivity contribution in [3.63, 3.8) is 0 Å². The average molecular weight is 495 g/mol. The number of aromatic nitrogens is 1. The first-order valence-electron chi connectivity index (χ1n) is 11.8. The molecule has 1 amide bonds. The number of terminal acetylenes is 1. The molecule has 0 spiro atoms. The summed E-state index contributed by atoms with van der Waals surface area (Å²) in [5, 5.41) is 25.9. The van der Waals surface area contributed by atoms with Crippen molar-refractivity contribution in [2.45, 2.75) is 32.0 Å². The van der Waals surface area contributed by atoms with Crippen molar-refractivity contribution in [1.82, 2.24) is 10.3 Å². The SMILES string of the molecule is C#Cc1ccc([C@H]2C=C(C(=O)NCCNc3ccc([N+](=O)[O-])cn3)O[C@@H](OCC)[C@H]2CCCO)cc1. The molecule has 0 bridgehead atoms. The Morgan fingerprint density at radius 1 is 1.28 bits per heavy atom. The third-order valence-corrected chi connectivity index (χ3v) is 5.77. The van der Waals surface area contributed by atoms with E-state index in [4.69, 9.17) is 15.9 Å². The lowest BCUT2D eigenvalue weighted by Crippen LogP contribution is -2.39. The number of carbonyl (C=O) groups excluding carboxylic acids is 1. The smallest absolute Gasteiger partial charge is 0.287 e. The van der Waals surface area contributed by atoms with Gasteiger partial charge in [0, 0.05) is 49.8 Å². The van der Waals surface area contributed by atoms with Crippen molar-refractivity contribution in [1.29, 1.82) is 0 Å². The van der Waals surface area contributed by atoms with Crippen LogP contribution in [0, 0.1) is 28.4 Å². The largest absolute Gasteiger partial charge is 0.459 e. The molecule has 0 saturated carbocycles. The predicted octanol–water partition coefficient (Wildman–Crippen LogP) is 2.95. The Morgan fingerprint density at radius 3 is 2.67 bits per heavy atom. The Morgan fingerprint density at radius 2 is 2.06 bits per heavy atom. The highest BCUT2D eigenvalue weighted by Gasteiger charge is 2.37. The molecule has 0 aliphatic carbocycles. The molecule has 3 N–H and O–H groups in total. The number of aliphatic hydroxyl groups excluding tert-OH is 1. The predicted molar refractivity (Wildman–Crippen MR) is 134 cm³/mol. The average Bonchev–Trinajstić information content (AvgIpc) is 2.90. The second-order valence-electron chi connectivity index (χ2n) is 8.14. The van der Waals surface area contributed by atoms with E-state index in [1.165, 1.54) is 18.3 Å². The number of benzene rings is 1. The molecule has 2 aromatic rings. The van der Waals surface area contributed by atoms with Crippen LogP contribution >= 0.6 is 0 Å². The van der Waals surface area contributed by atoms with Gasteiger partial charge in [-0.2, -0.15) is 0 Å². The van der Waals surface area contributed by atoms with Gasteiger partial charge in [0.2, 0.25) is 6.29 Å². The van der Waals surface area contributed by atoms with Crippen molar-refractivity contribution in [3.05, 3.63) is 75.7 Å². The lowest BCUT2D eigenvalue weighted by molar-refractivity contribution is -0.385. The molecule has 10 heteroatoms. The molecule has 0 radical (unpaired) electrons. The highest BCUT2D eigenvalue weighted by molar-refractivity contribution is 5.91. The Labute approximate surface area is 209 Å². The van der Waals surface area contributed by atoms with Crippen molar-refractivity contribution in [2.75, 3.05) is 31.6 Å². The van der Waals surface area contributed by atoms with Gasteiger partial charge in [-0.05, 0) is 49.6 Å². The van der Waals surface area contributed by atoms with Crippen molar-refractivity contribution >= 4 is 17.4 Å². The van der Waals surface area contributed by atoms with Gasteiger partial charge in [-0.25, -0.2) is 4.98 Å². The molecule has 0 fully saturated rings. The number of aliphatic hydroxyl groups is 1. The Balaban J connectivity index is 1.69. The third kappa shape index (κ3) is 7.04. The normalized spacial score (nSPS) is 18.9. The fraction of sp³-hybridized carbons (Fsp3) is 0.385. The summed E-state index contributed by atoms with van der Waals surface area (Å²) >= 11 is 0. The number of hydrogen-bond acceptors (Lipinski definition) is 8. The first-order valence-corrected chi connectivity index (χ1v) is 11.8. The van der Waals surface area contributed by atoms with Crippen LogP contribution in [0.2, 0.25) is 0 Å². The molecule has 3 rings (SSSR count). The molecule has 3 atom stereocenters. The number of allylic oxidation sites excluding steroid dienone is 1. The number of nitro groups is 1. The van der Waals surface area contributed by atoms with E-state index in [9.17, 15) is 20.0 Å². The lowest BCUT2D eigenvalue weighted by atomic mass is 9.80. The summed E-state index contributed by atoms with van der Waals surface area (Å²) in [4.78, 5) is 27.1. The summed E-state index contributed by atoms with van der Waals surface area (Å²) in [5.41, 5.74) is 1.64. The van der Waals surface area contributed by atoms with Gasteiger partial charge < -0.3 is 25.2 Å². The maximum atomic E-state index is 12.9. The number of rotatable bonds is 12. The van der Waals surface area contributed by atoms with Gasteiger partial charge in [0.25, 0.3) is 11.6 Å². The summed E-state index contributed by atoms with van der Waals surface area (Å²) < 4.78 is 11.8. The molecule has 1 aliphatic rings. The van der Waals surface area contributed by atoms with E-state index in [0.717, 1.165) is 11.1 Å². The van der Waals surface area contributed by atoms with Crippen LogP contribution < -0.4 is 10.6 Å². The first-order chi connectivity index (χ1) is 17.5. The number of nitrogens with zero attached hydrogens (tertiary/aromatic N) is 2. The molecular formula is C26H30N4O6. The molecule has 10 nitrogen and oxygen atoms in total. The zero-order valence-electron chi connectivity index (χ0n) is 20.1. The minimum absolute atomic E-state index is 0.0474. The minimum atomic E-state index is -0.646. The highest BCUT2D eigenvalue weighted by atomic mass is 16.7. The monoisotopic (exact) mass is 494 g/mol. The molecule has 2 heterocycles. The van der Waals surface area contributed by atoms with E-state index < -0.39 is 11.2 Å². The second kappa shape index (κ2) is 13.2. The van der Waals surface area contributed by atoms with Gasteiger partial charge >= 0.3 is 0 Å². The van der Waals surface area contributed by atoms with Crippen molar-refractivity contribution < 1.29 is 24.3 Å². The molecule has 1 aliphatic heterocycles. The summed E-state index contributed by atoms with van der Waals surface area (Å²) in [6.07, 6.45) is 9.03. The van der Waals surface area contributed by atoms with E-state index in [1.807, 2.05) is 31.2 Å². The number of hydrogen-bond donors (Lipinski definition) is 3. The fourth-order valence-corrected chi connectivity index (χ4v) is 4.00. The Bertz CT molecular complexity index is 1090. The number of anilines is 1. The van der Waals surface area contributed by atoms with Crippen LogP contribution in [0.15, 0.2) is 54.4 Å². The van der Waals surface area contributed by atoms with Crippen LogP contribution in [0.3, 0.4) is 0 Å². The van der Waals surface area contributed by atoms with Gasteiger partial charge in [0.15, 0.2) is 5.76 Å². The van der Waals surface area contributed by atoms with E-state index in [1.54, 1.807) is 6.08 Å². The second-order valence-corrected chi connectivity index (χ2v) is 8.14. The summed E-state index contributed by atoms with van der Waals surface area (Å²) in [7, 11) is 0. The maximum absolute atomic E-state index is 12.9. The molecule has 36 heavy (non-hydrogen) atoms. The lowest BCUT2D eigenvalue weighted by Gasteiger charge is -2.37. The third-order valence-electron chi connectivity index (χ3n) is 5.77. The van der Waals surface area contributed by atoms with E-state index in [0.29, 0.717) is 31.8 Å². The standard InChI is InChI=1S/C26H30N4O6/c1-3-18-7-9-19(10-8-18)22-16-23(36-26(35-4-2)21(22)6-5-15-31)25(32)28-14-13-27-24-12-11-20(17-29-24)30(33)34/h1,7-12,16-17,21-22,26,31H,4-6,13-15H2,2H3,(H,27,29)(H,28,32)/t21-,22+,26+/m0/s1. The zero-order chi connectivity index (χ0) is 25.9. The molecular weight excluding hydrogens is 464 g/mol. The van der Waals surface area contributed by atoms with Gasteiger partial charge in [0.1, 0.15) is 12.0 Å². The van der Waals surface area contributed by atoms with Gasteiger partial charge in [-0.15, -0.1) is 6.42 Å². The molecule has 0 unspecified atom stereocenters. The fourth-order valence-electron chi connectivity index (χ4n) is 4.00.